The van der Waals surface area contributed by atoms with E-state index in [4.69, 9.17) is 0 Å². The van der Waals surface area contributed by atoms with Gasteiger partial charge in [0.1, 0.15) is 5.69 Å². The van der Waals surface area contributed by atoms with Gasteiger partial charge in [-0.1, -0.05) is 6.07 Å². The van der Waals surface area contributed by atoms with E-state index in [1.165, 1.54) is 10.7 Å². The summed E-state index contributed by atoms with van der Waals surface area (Å²) >= 11 is 0. The molecule has 0 radical (unpaired) electrons. The van der Waals surface area contributed by atoms with E-state index < -0.39 is 11.7 Å². The Kier molecular flexibility index (Phi) is 3.17. The highest BCUT2D eigenvalue weighted by molar-refractivity contribution is 5.53. The Morgan fingerprint density at radius 3 is 2.38 bits per heavy atom. The van der Waals surface area contributed by atoms with E-state index in [1.54, 1.807) is 30.6 Å². The van der Waals surface area contributed by atoms with Crippen LogP contribution in [0.2, 0.25) is 0 Å². The molecule has 3 rings (SSSR count). The summed E-state index contributed by atoms with van der Waals surface area (Å²) in [4.78, 5) is 7.94. The number of hydrogen-bond acceptors (Lipinski definition) is 3. The molecule has 0 aliphatic carbocycles. The molecule has 0 spiro atoms. The molecule has 3 heterocycles. The zero-order valence-corrected chi connectivity index (χ0v) is 10.6. The average molecular weight is 290 g/mol. The number of alkyl halides is 3. The summed E-state index contributed by atoms with van der Waals surface area (Å²) in [5, 5.41) is 4.25. The molecule has 0 bridgehead atoms. The van der Waals surface area contributed by atoms with Gasteiger partial charge in [0.15, 0.2) is 5.82 Å². The zero-order chi connectivity index (χ0) is 14.9. The Morgan fingerprint density at radius 2 is 1.76 bits per heavy atom. The Bertz CT molecular complexity index is 733. The van der Waals surface area contributed by atoms with E-state index in [1.807, 2.05) is 6.07 Å². The minimum absolute atomic E-state index is 0.310. The lowest BCUT2D eigenvalue weighted by molar-refractivity contribution is -0.137. The average Bonchev–Trinajstić information content (AvgIpc) is 2.97. The fraction of sp³-hybridized carbons (Fsp3) is 0.0714. The van der Waals surface area contributed by atoms with Crippen LogP contribution in [-0.4, -0.2) is 19.7 Å². The van der Waals surface area contributed by atoms with Crippen LogP contribution in [0, 0.1) is 0 Å². The first-order chi connectivity index (χ1) is 10.0. The van der Waals surface area contributed by atoms with Crippen LogP contribution in [0.5, 0.6) is 0 Å². The highest BCUT2D eigenvalue weighted by Gasteiger charge is 2.30. The van der Waals surface area contributed by atoms with E-state index in [0.29, 0.717) is 17.2 Å². The summed E-state index contributed by atoms with van der Waals surface area (Å²) < 4.78 is 38.8. The van der Waals surface area contributed by atoms with Crippen molar-refractivity contribution in [3.63, 3.8) is 0 Å². The fourth-order valence-electron chi connectivity index (χ4n) is 1.79. The van der Waals surface area contributed by atoms with Crippen molar-refractivity contribution >= 4 is 0 Å². The second kappa shape index (κ2) is 5.01. The first kappa shape index (κ1) is 13.3. The molecule has 0 saturated heterocycles. The lowest BCUT2D eigenvalue weighted by Crippen LogP contribution is -2.07. The first-order valence-electron chi connectivity index (χ1n) is 6.05. The maximum absolute atomic E-state index is 12.5. The summed E-state index contributed by atoms with van der Waals surface area (Å²) in [7, 11) is 0. The number of pyridine rings is 2. The molecule has 7 heteroatoms. The van der Waals surface area contributed by atoms with Crippen molar-refractivity contribution in [2.75, 3.05) is 0 Å². The van der Waals surface area contributed by atoms with Gasteiger partial charge < -0.3 is 0 Å². The number of aromatic nitrogens is 4. The number of rotatable bonds is 2. The Balaban J connectivity index is 1.90. The summed E-state index contributed by atoms with van der Waals surface area (Å²) in [6.07, 6.45) is -0.337. The topological polar surface area (TPSA) is 43.6 Å². The van der Waals surface area contributed by atoms with Crippen LogP contribution in [0.15, 0.2) is 55.0 Å². The summed E-state index contributed by atoms with van der Waals surface area (Å²) in [5.41, 5.74) is 0.517. The first-order valence-corrected chi connectivity index (χ1v) is 6.05. The predicted molar refractivity (Wildman–Crippen MR) is 69.6 cm³/mol. The third kappa shape index (κ3) is 2.76. The third-order valence-corrected chi connectivity index (χ3v) is 2.83. The molecule has 0 N–H and O–H groups in total. The zero-order valence-electron chi connectivity index (χ0n) is 10.6. The minimum Gasteiger partial charge on any atom is -0.255 e. The van der Waals surface area contributed by atoms with Gasteiger partial charge in [-0.05, 0) is 30.3 Å². The van der Waals surface area contributed by atoms with Gasteiger partial charge in [0.05, 0.1) is 11.3 Å². The van der Waals surface area contributed by atoms with Crippen LogP contribution in [0.3, 0.4) is 0 Å². The largest absolute Gasteiger partial charge is 0.417 e. The van der Waals surface area contributed by atoms with Crippen molar-refractivity contribution < 1.29 is 13.2 Å². The van der Waals surface area contributed by atoms with Crippen LogP contribution in [0.1, 0.15) is 5.56 Å². The molecular formula is C14H9F3N4. The van der Waals surface area contributed by atoms with Gasteiger partial charge in [-0.3, -0.25) is 4.98 Å². The Morgan fingerprint density at radius 1 is 0.905 bits per heavy atom. The Labute approximate surface area is 117 Å². The highest BCUT2D eigenvalue weighted by Crippen LogP contribution is 2.28. The van der Waals surface area contributed by atoms with Gasteiger partial charge in [0, 0.05) is 18.6 Å². The second-order valence-corrected chi connectivity index (χ2v) is 4.26. The van der Waals surface area contributed by atoms with E-state index in [-0.39, 0.29) is 0 Å². The quantitative estimate of drug-likeness (QED) is 0.727. The molecule has 0 fully saturated rings. The number of nitrogens with zero attached hydrogens (tertiary/aromatic N) is 4. The molecule has 0 aliphatic rings. The summed E-state index contributed by atoms with van der Waals surface area (Å²) in [6, 6.07) is 9.40. The van der Waals surface area contributed by atoms with E-state index >= 15 is 0 Å². The molecule has 0 amide bonds. The second-order valence-electron chi connectivity index (χ2n) is 4.26. The lowest BCUT2D eigenvalue weighted by Gasteiger charge is -2.06. The van der Waals surface area contributed by atoms with Gasteiger partial charge in [0.25, 0.3) is 0 Å². The lowest BCUT2D eigenvalue weighted by atomic mass is 10.3. The van der Waals surface area contributed by atoms with E-state index in [0.717, 1.165) is 12.3 Å². The predicted octanol–water partition coefficient (Wildman–Crippen LogP) is 3.35. The van der Waals surface area contributed by atoms with Gasteiger partial charge >= 0.3 is 6.18 Å². The van der Waals surface area contributed by atoms with Crippen LogP contribution in [0.25, 0.3) is 17.2 Å². The van der Waals surface area contributed by atoms with Crippen molar-refractivity contribution in [2.24, 2.45) is 0 Å². The van der Waals surface area contributed by atoms with Crippen LogP contribution in [0.4, 0.5) is 13.2 Å². The Hall–Kier alpha value is -2.70. The van der Waals surface area contributed by atoms with Crippen LogP contribution in [-0.2, 0) is 6.18 Å². The molecule has 0 atom stereocenters. The van der Waals surface area contributed by atoms with Gasteiger partial charge in [-0.2, -0.15) is 18.3 Å². The summed E-state index contributed by atoms with van der Waals surface area (Å²) in [6.45, 7) is 0. The molecule has 0 aromatic carbocycles. The molecule has 21 heavy (non-hydrogen) atoms. The van der Waals surface area contributed by atoms with Gasteiger partial charge in [-0.25, -0.2) is 9.67 Å². The SMILES string of the molecule is FC(F)(F)c1ccc(-n2ccc(-c3ccccn3)n2)nc1. The minimum atomic E-state index is -4.39. The maximum Gasteiger partial charge on any atom is 0.417 e. The van der Waals surface area contributed by atoms with Crippen LogP contribution >= 0.6 is 0 Å². The van der Waals surface area contributed by atoms with Gasteiger partial charge in [-0.15, -0.1) is 0 Å². The van der Waals surface area contributed by atoms with Gasteiger partial charge in [0.2, 0.25) is 0 Å². The number of hydrogen-bond donors (Lipinski definition) is 0. The van der Waals surface area contributed by atoms with Crippen molar-refractivity contribution in [3.8, 4) is 17.2 Å². The molecule has 0 unspecified atom stereocenters. The standard InChI is InChI=1S/C14H9F3N4/c15-14(16,17)10-4-5-13(19-9-10)21-8-6-12(20-21)11-3-1-2-7-18-11/h1-9H. The van der Waals surface area contributed by atoms with E-state index in [9.17, 15) is 13.2 Å². The molecule has 0 saturated carbocycles. The smallest absolute Gasteiger partial charge is 0.255 e. The molecule has 3 aromatic rings. The fourth-order valence-corrected chi connectivity index (χ4v) is 1.79. The molecule has 0 aliphatic heterocycles. The molecular weight excluding hydrogens is 281 g/mol. The monoisotopic (exact) mass is 290 g/mol. The molecule has 4 nitrogen and oxygen atoms in total. The number of halogens is 3. The van der Waals surface area contributed by atoms with Crippen LogP contribution < -0.4 is 0 Å². The molecule has 106 valence electrons. The maximum atomic E-state index is 12.5. The third-order valence-electron chi connectivity index (χ3n) is 2.83. The van der Waals surface area contributed by atoms with Crippen molar-refractivity contribution in [1.29, 1.82) is 0 Å². The normalized spacial score (nSPS) is 11.6. The van der Waals surface area contributed by atoms with E-state index in [2.05, 4.69) is 15.1 Å². The highest BCUT2D eigenvalue weighted by atomic mass is 19.4. The van der Waals surface area contributed by atoms with Crippen molar-refractivity contribution in [1.82, 2.24) is 19.7 Å². The van der Waals surface area contributed by atoms with Crippen molar-refractivity contribution in [2.45, 2.75) is 6.18 Å². The molecule has 3 aromatic heterocycles. The summed E-state index contributed by atoms with van der Waals surface area (Å²) in [5.74, 6) is 0.310. The van der Waals surface area contributed by atoms with Crippen molar-refractivity contribution in [3.05, 3.63) is 60.6 Å².